The predicted molar refractivity (Wildman–Crippen MR) is 99.5 cm³/mol. The minimum atomic E-state index is -0.464. The predicted octanol–water partition coefficient (Wildman–Crippen LogP) is 4.56. The number of carbonyl (C=O) groups is 1. The van der Waals surface area contributed by atoms with Crippen LogP contribution in [-0.2, 0) is 4.74 Å². The van der Waals surface area contributed by atoms with Crippen molar-refractivity contribution in [2.45, 2.75) is 0 Å². The van der Waals surface area contributed by atoms with E-state index < -0.39 is 5.97 Å². The van der Waals surface area contributed by atoms with Crippen molar-refractivity contribution in [2.24, 2.45) is 0 Å². The van der Waals surface area contributed by atoms with Crippen molar-refractivity contribution in [3.8, 4) is 0 Å². The van der Waals surface area contributed by atoms with Crippen LogP contribution in [-0.4, -0.2) is 23.0 Å². The fourth-order valence-corrected chi connectivity index (χ4v) is 3.05. The maximum atomic E-state index is 12.1. The van der Waals surface area contributed by atoms with E-state index >= 15 is 0 Å². The molecular formula is C21H16N2O2. The number of H-pyrrole nitrogens is 1. The first-order valence-electron chi connectivity index (χ1n) is 7.93. The zero-order chi connectivity index (χ0) is 17.4. The summed E-state index contributed by atoms with van der Waals surface area (Å²) in [6.07, 6.45) is 0. The standard InChI is InChI=1S/C21H16N2O2/c1-13(14-8-4-3-5-9-14)19-20-16(12-18(23-19)21(24)25-2)15-10-6-7-11-17(15)22-20/h3-12,22H,1H2,2H3. The molecule has 4 rings (SSSR count). The van der Waals surface area contributed by atoms with Crippen molar-refractivity contribution < 1.29 is 9.53 Å². The Morgan fingerprint density at radius 2 is 1.76 bits per heavy atom. The third kappa shape index (κ3) is 2.48. The van der Waals surface area contributed by atoms with Crippen LogP contribution in [0.15, 0.2) is 67.2 Å². The Bertz CT molecular complexity index is 1110. The Labute approximate surface area is 144 Å². The summed E-state index contributed by atoms with van der Waals surface area (Å²) in [5.74, 6) is -0.464. The zero-order valence-corrected chi connectivity index (χ0v) is 13.7. The Morgan fingerprint density at radius 1 is 1.04 bits per heavy atom. The van der Waals surface area contributed by atoms with Crippen molar-refractivity contribution in [1.82, 2.24) is 9.97 Å². The van der Waals surface area contributed by atoms with Gasteiger partial charge in [0.25, 0.3) is 0 Å². The highest BCUT2D eigenvalue weighted by Crippen LogP contribution is 2.32. The number of para-hydroxylation sites is 1. The topological polar surface area (TPSA) is 55.0 Å². The van der Waals surface area contributed by atoms with E-state index in [1.54, 1.807) is 6.07 Å². The van der Waals surface area contributed by atoms with Crippen LogP contribution in [0.25, 0.3) is 27.4 Å². The summed E-state index contributed by atoms with van der Waals surface area (Å²) >= 11 is 0. The normalized spacial score (nSPS) is 10.9. The van der Waals surface area contributed by atoms with Crippen LogP contribution in [0.2, 0.25) is 0 Å². The van der Waals surface area contributed by atoms with Crippen LogP contribution in [0.3, 0.4) is 0 Å². The Balaban J connectivity index is 2.04. The van der Waals surface area contributed by atoms with Gasteiger partial charge in [-0.1, -0.05) is 55.1 Å². The lowest BCUT2D eigenvalue weighted by Crippen LogP contribution is -2.06. The summed E-state index contributed by atoms with van der Waals surface area (Å²) in [7, 11) is 1.36. The van der Waals surface area contributed by atoms with Crippen molar-refractivity contribution in [3.63, 3.8) is 0 Å². The number of rotatable bonds is 3. The molecule has 4 heteroatoms. The number of nitrogens with zero attached hydrogens (tertiary/aromatic N) is 1. The van der Waals surface area contributed by atoms with E-state index in [-0.39, 0.29) is 5.69 Å². The smallest absolute Gasteiger partial charge is 0.356 e. The molecule has 0 saturated carbocycles. The van der Waals surface area contributed by atoms with E-state index in [2.05, 4.69) is 16.5 Å². The number of ether oxygens (including phenoxy) is 1. The molecule has 122 valence electrons. The molecule has 0 saturated heterocycles. The van der Waals surface area contributed by atoms with E-state index in [1.165, 1.54) is 7.11 Å². The third-order valence-corrected chi connectivity index (χ3v) is 4.30. The minimum Gasteiger partial charge on any atom is -0.464 e. The van der Waals surface area contributed by atoms with Crippen molar-refractivity contribution >= 4 is 33.3 Å². The van der Waals surface area contributed by atoms with Crippen molar-refractivity contribution in [2.75, 3.05) is 7.11 Å². The number of aromatic nitrogens is 2. The number of carbonyl (C=O) groups excluding carboxylic acids is 1. The SMILES string of the molecule is C=C(c1ccccc1)c1nc(C(=O)OC)cc2c1[nH]c1ccccc12. The lowest BCUT2D eigenvalue weighted by molar-refractivity contribution is 0.0594. The van der Waals surface area contributed by atoms with Crippen LogP contribution in [0, 0.1) is 0 Å². The van der Waals surface area contributed by atoms with Gasteiger partial charge in [-0.15, -0.1) is 0 Å². The van der Waals surface area contributed by atoms with Crippen LogP contribution >= 0.6 is 0 Å². The van der Waals surface area contributed by atoms with Crippen molar-refractivity contribution in [3.05, 3.63) is 84.2 Å². The molecule has 0 bridgehead atoms. The fraction of sp³-hybridized carbons (Fsp3) is 0.0476. The molecule has 25 heavy (non-hydrogen) atoms. The molecule has 0 amide bonds. The van der Waals surface area contributed by atoms with Gasteiger partial charge in [-0.05, 0) is 17.7 Å². The van der Waals surface area contributed by atoms with Crippen LogP contribution in [0.1, 0.15) is 21.7 Å². The second kappa shape index (κ2) is 5.91. The highest BCUT2D eigenvalue weighted by atomic mass is 16.5. The number of fused-ring (bicyclic) bond motifs is 3. The largest absolute Gasteiger partial charge is 0.464 e. The second-order valence-electron chi connectivity index (χ2n) is 5.79. The van der Waals surface area contributed by atoms with Gasteiger partial charge in [0, 0.05) is 21.9 Å². The zero-order valence-electron chi connectivity index (χ0n) is 13.7. The number of nitrogens with one attached hydrogen (secondary N) is 1. The highest BCUT2D eigenvalue weighted by Gasteiger charge is 2.18. The monoisotopic (exact) mass is 328 g/mol. The molecular weight excluding hydrogens is 312 g/mol. The first-order valence-corrected chi connectivity index (χ1v) is 7.93. The maximum absolute atomic E-state index is 12.1. The summed E-state index contributed by atoms with van der Waals surface area (Å²) in [6.45, 7) is 4.21. The number of benzene rings is 2. The number of esters is 1. The van der Waals surface area contributed by atoms with Gasteiger partial charge in [0.05, 0.1) is 18.3 Å². The Kier molecular flexibility index (Phi) is 3.58. The first-order chi connectivity index (χ1) is 12.2. The Morgan fingerprint density at radius 3 is 2.52 bits per heavy atom. The van der Waals surface area contributed by atoms with Gasteiger partial charge in [-0.25, -0.2) is 9.78 Å². The molecule has 0 aliphatic rings. The van der Waals surface area contributed by atoms with E-state index in [0.717, 1.165) is 32.9 Å². The van der Waals surface area contributed by atoms with Gasteiger partial charge in [-0.2, -0.15) is 0 Å². The van der Waals surface area contributed by atoms with Gasteiger partial charge >= 0.3 is 5.97 Å². The van der Waals surface area contributed by atoms with E-state index in [1.807, 2.05) is 54.6 Å². The van der Waals surface area contributed by atoms with Crippen LogP contribution < -0.4 is 0 Å². The summed E-state index contributed by atoms with van der Waals surface area (Å²) in [4.78, 5) is 20.0. The first kappa shape index (κ1) is 15.1. The molecule has 2 aromatic carbocycles. The van der Waals surface area contributed by atoms with E-state index in [9.17, 15) is 4.79 Å². The molecule has 0 aliphatic heterocycles. The maximum Gasteiger partial charge on any atom is 0.356 e. The van der Waals surface area contributed by atoms with Gasteiger partial charge in [0.1, 0.15) is 5.69 Å². The number of hydrogen-bond donors (Lipinski definition) is 1. The average Bonchev–Trinajstić information content (AvgIpc) is 3.05. The van der Waals surface area contributed by atoms with Crippen LogP contribution in [0.4, 0.5) is 0 Å². The molecule has 0 aliphatic carbocycles. The summed E-state index contributed by atoms with van der Waals surface area (Å²) in [5, 5.41) is 1.96. The molecule has 0 atom stereocenters. The van der Waals surface area contributed by atoms with Gasteiger partial charge < -0.3 is 9.72 Å². The van der Waals surface area contributed by atoms with Gasteiger partial charge in [-0.3, -0.25) is 0 Å². The summed E-state index contributed by atoms with van der Waals surface area (Å²) < 4.78 is 4.87. The molecule has 0 radical (unpaired) electrons. The lowest BCUT2D eigenvalue weighted by Gasteiger charge is -2.09. The lowest BCUT2D eigenvalue weighted by atomic mass is 10.0. The number of pyridine rings is 1. The molecule has 2 aromatic heterocycles. The average molecular weight is 328 g/mol. The molecule has 0 unspecified atom stereocenters. The van der Waals surface area contributed by atoms with Gasteiger partial charge in [0.2, 0.25) is 0 Å². The highest BCUT2D eigenvalue weighted by molar-refractivity contribution is 6.12. The molecule has 0 fully saturated rings. The van der Waals surface area contributed by atoms with E-state index in [0.29, 0.717) is 5.69 Å². The van der Waals surface area contributed by atoms with Crippen molar-refractivity contribution in [1.29, 1.82) is 0 Å². The molecule has 1 N–H and O–H groups in total. The summed E-state index contributed by atoms with van der Waals surface area (Å²) in [5.41, 5.74) is 4.48. The minimum absolute atomic E-state index is 0.270. The van der Waals surface area contributed by atoms with Gasteiger partial charge in [0.15, 0.2) is 0 Å². The molecule has 4 aromatic rings. The number of hydrogen-bond acceptors (Lipinski definition) is 3. The molecule has 0 spiro atoms. The number of methoxy groups -OCH3 is 1. The fourth-order valence-electron chi connectivity index (χ4n) is 3.05. The number of aromatic amines is 1. The Hall–Kier alpha value is -3.40. The summed E-state index contributed by atoms with van der Waals surface area (Å²) in [6, 6.07) is 19.5. The van der Waals surface area contributed by atoms with Crippen LogP contribution in [0.5, 0.6) is 0 Å². The van der Waals surface area contributed by atoms with E-state index in [4.69, 9.17) is 4.74 Å². The second-order valence-corrected chi connectivity index (χ2v) is 5.79. The molecule has 2 heterocycles. The molecule has 4 nitrogen and oxygen atoms in total. The quantitative estimate of drug-likeness (QED) is 0.561. The third-order valence-electron chi connectivity index (χ3n) is 4.30.